The summed E-state index contributed by atoms with van der Waals surface area (Å²) in [5.41, 5.74) is 5.46. The number of hydrogen-bond donors (Lipinski definition) is 1. The predicted octanol–water partition coefficient (Wildman–Crippen LogP) is 5.00. The Labute approximate surface area is 169 Å². The van der Waals surface area contributed by atoms with E-state index in [1.54, 1.807) is 0 Å². The predicted molar refractivity (Wildman–Crippen MR) is 116 cm³/mol. The molecule has 5 rings (SSSR count). The first-order valence-corrected chi connectivity index (χ1v) is 9.71. The SMILES string of the molecule is Cc1[nH]c2ccccc2c1C1(c2ccccc2N(C)C)OC(=O)c2ccccc21. The third-order valence-corrected chi connectivity index (χ3v) is 5.78. The van der Waals surface area contributed by atoms with Crippen molar-refractivity contribution in [1.82, 2.24) is 4.98 Å². The molecule has 2 heterocycles. The highest BCUT2D eigenvalue weighted by atomic mass is 16.6. The highest BCUT2D eigenvalue weighted by Crippen LogP contribution is 2.52. The van der Waals surface area contributed by atoms with Crippen LogP contribution in [0.1, 0.15) is 32.7 Å². The molecule has 0 amide bonds. The number of H-pyrrole nitrogens is 1. The van der Waals surface area contributed by atoms with Gasteiger partial charge in [-0.1, -0.05) is 54.6 Å². The Bertz CT molecular complexity index is 1250. The largest absolute Gasteiger partial charge is 0.440 e. The van der Waals surface area contributed by atoms with Crippen LogP contribution in [-0.2, 0) is 10.3 Å². The minimum Gasteiger partial charge on any atom is -0.440 e. The molecule has 0 radical (unpaired) electrons. The van der Waals surface area contributed by atoms with Crippen molar-refractivity contribution < 1.29 is 9.53 Å². The first kappa shape index (κ1) is 17.6. The van der Waals surface area contributed by atoms with E-state index in [4.69, 9.17) is 4.74 Å². The molecule has 1 N–H and O–H groups in total. The van der Waals surface area contributed by atoms with E-state index in [0.717, 1.165) is 39.0 Å². The van der Waals surface area contributed by atoms with E-state index in [-0.39, 0.29) is 5.97 Å². The minimum absolute atomic E-state index is 0.293. The molecule has 0 spiro atoms. The van der Waals surface area contributed by atoms with Gasteiger partial charge in [0.2, 0.25) is 0 Å². The average Bonchev–Trinajstić information content (AvgIpc) is 3.22. The number of carbonyl (C=O) groups excluding carboxylic acids is 1. The monoisotopic (exact) mass is 382 g/mol. The van der Waals surface area contributed by atoms with Gasteiger partial charge in [-0.05, 0) is 25.1 Å². The zero-order valence-electron chi connectivity index (χ0n) is 16.7. The molecule has 144 valence electrons. The molecule has 29 heavy (non-hydrogen) atoms. The third kappa shape index (κ3) is 2.35. The fourth-order valence-corrected chi connectivity index (χ4v) is 4.63. The Morgan fingerprint density at radius 2 is 1.52 bits per heavy atom. The molecule has 1 aromatic heterocycles. The second kappa shape index (κ2) is 6.24. The number of esters is 1. The van der Waals surface area contributed by atoms with Crippen molar-refractivity contribution in [3.63, 3.8) is 0 Å². The lowest BCUT2D eigenvalue weighted by molar-refractivity contribution is 0.0255. The standard InChI is InChI=1S/C25H22N2O2/c1-16-23(18-11-5-8-14-21(18)26-16)25(20-13-7-9-15-22(20)27(2)3)19-12-6-4-10-17(19)24(28)29-25/h4-15,26H,1-3H3. The van der Waals surface area contributed by atoms with Crippen LogP contribution in [0.5, 0.6) is 0 Å². The zero-order chi connectivity index (χ0) is 20.2. The number of benzene rings is 3. The number of cyclic esters (lactones) is 1. The molecule has 1 aliphatic rings. The van der Waals surface area contributed by atoms with Crippen molar-refractivity contribution in [2.24, 2.45) is 0 Å². The van der Waals surface area contributed by atoms with Crippen molar-refractivity contribution >= 4 is 22.6 Å². The van der Waals surface area contributed by atoms with Gasteiger partial charge < -0.3 is 14.6 Å². The van der Waals surface area contributed by atoms with Crippen molar-refractivity contribution in [2.45, 2.75) is 12.5 Å². The van der Waals surface area contributed by atoms with Gasteiger partial charge in [-0.25, -0.2) is 4.79 Å². The molecular formula is C25H22N2O2. The number of hydrogen-bond acceptors (Lipinski definition) is 3. The van der Waals surface area contributed by atoms with Crippen molar-refractivity contribution in [2.75, 3.05) is 19.0 Å². The summed E-state index contributed by atoms with van der Waals surface area (Å²) in [4.78, 5) is 18.6. The van der Waals surface area contributed by atoms with Gasteiger partial charge in [0.25, 0.3) is 0 Å². The van der Waals surface area contributed by atoms with Crippen LogP contribution >= 0.6 is 0 Å². The normalized spacial score (nSPS) is 18.0. The molecule has 4 nitrogen and oxygen atoms in total. The van der Waals surface area contributed by atoms with Crippen molar-refractivity contribution in [1.29, 1.82) is 0 Å². The zero-order valence-corrected chi connectivity index (χ0v) is 16.7. The number of anilines is 1. The van der Waals surface area contributed by atoms with E-state index in [2.05, 4.69) is 34.1 Å². The first-order valence-electron chi connectivity index (χ1n) is 9.71. The summed E-state index contributed by atoms with van der Waals surface area (Å²) in [6.07, 6.45) is 0. The molecule has 4 heteroatoms. The molecule has 0 aliphatic carbocycles. The molecule has 4 aromatic rings. The number of aromatic nitrogens is 1. The summed E-state index contributed by atoms with van der Waals surface area (Å²) in [5, 5.41) is 1.06. The number of fused-ring (bicyclic) bond motifs is 2. The number of para-hydroxylation sites is 2. The maximum atomic E-state index is 13.0. The maximum Gasteiger partial charge on any atom is 0.340 e. The fourth-order valence-electron chi connectivity index (χ4n) is 4.63. The van der Waals surface area contributed by atoms with Gasteiger partial charge in [0.15, 0.2) is 5.60 Å². The summed E-state index contributed by atoms with van der Waals surface area (Å²) in [7, 11) is 4.02. The quantitative estimate of drug-likeness (QED) is 0.507. The van der Waals surface area contributed by atoms with E-state index in [1.807, 2.05) is 69.6 Å². The Balaban J connectivity index is 1.96. The van der Waals surface area contributed by atoms with Crippen LogP contribution in [0.4, 0.5) is 5.69 Å². The summed E-state index contributed by atoms with van der Waals surface area (Å²) < 4.78 is 6.34. The lowest BCUT2D eigenvalue weighted by Gasteiger charge is -2.33. The van der Waals surface area contributed by atoms with Crippen LogP contribution in [0.2, 0.25) is 0 Å². The summed E-state index contributed by atoms with van der Waals surface area (Å²) in [5.74, 6) is -0.293. The van der Waals surface area contributed by atoms with Crippen LogP contribution in [-0.4, -0.2) is 25.0 Å². The second-order valence-electron chi connectivity index (χ2n) is 7.70. The minimum atomic E-state index is -1.02. The fraction of sp³-hybridized carbons (Fsp3) is 0.160. The van der Waals surface area contributed by atoms with E-state index in [9.17, 15) is 4.79 Å². The van der Waals surface area contributed by atoms with E-state index < -0.39 is 5.60 Å². The highest BCUT2D eigenvalue weighted by molar-refractivity contribution is 5.99. The van der Waals surface area contributed by atoms with Gasteiger partial charge >= 0.3 is 5.97 Å². The molecule has 0 saturated heterocycles. The number of carbonyl (C=O) groups is 1. The van der Waals surface area contributed by atoms with Crippen LogP contribution in [0.3, 0.4) is 0 Å². The summed E-state index contributed by atoms with van der Waals surface area (Å²) >= 11 is 0. The van der Waals surface area contributed by atoms with E-state index in [1.165, 1.54) is 0 Å². The van der Waals surface area contributed by atoms with E-state index in [0.29, 0.717) is 5.56 Å². The molecule has 0 saturated carbocycles. The molecule has 1 aliphatic heterocycles. The van der Waals surface area contributed by atoms with Gasteiger partial charge in [0.05, 0.1) is 5.56 Å². The van der Waals surface area contributed by atoms with Crippen molar-refractivity contribution in [3.8, 4) is 0 Å². The molecule has 1 atom stereocenters. The molecule has 0 fully saturated rings. The van der Waals surface area contributed by atoms with Crippen LogP contribution in [0, 0.1) is 6.92 Å². The Hall–Kier alpha value is -3.53. The smallest absolute Gasteiger partial charge is 0.340 e. The lowest BCUT2D eigenvalue weighted by atomic mass is 9.77. The van der Waals surface area contributed by atoms with Gasteiger partial charge in [0, 0.05) is 53.1 Å². The molecule has 1 unspecified atom stereocenters. The molecular weight excluding hydrogens is 360 g/mol. The Morgan fingerprint density at radius 3 is 2.31 bits per heavy atom. The molecule has 0 bridgehead atoms. The highest BCUT2D eigenvalue weighted by Gasteiger charge is 2.51. The second-order valence-corrected chi connectivity index (χ2v) is 7.70. The van der Waals surface area contributed by atoms with Crippen LogP contribution in [0.25, 0.3) is 10.9 Å². The van der Waals surface area contributed by atoms with Gasteiger partial charge in [-0.2, -0.15) is 0 Å². The molecule has 3 aromatic carbocycles. The van der Waals surface area contributed by atoms with Crippen molar-refractivity contribution in [3.05, 3.63) is 101 Å². The number of ether oxygens (including phenoxy) is 1. The van der Waals surface area contributed by atoms with Crippen LogP contribution < -0.4 is 4.90 Å². The van der Waals surface area contributed by atoms with Gasteiger partial charge in [0.1, 0.15) is 0 Å². The third-order valence-electron chi connectivity index (χ3n) is 5.78. The lowest BCUT2D eigenvalue weighted by Crippen LogP contribution is -2.32. The average molecular weight is 382 g/mol. The number of nitrogens with one attached hydrogen (secondary N) is 1. The number of rotatable bonds is 3. The number of aromatic amines is 1. The van der Waals surface area contributed by atoms with Gasteiger partial charge in [-0.3, -0.25) is 0 Å². The summed E-state index contributed by atoms with van der Waals surface area (Å²) in [6, 6.07) is 24.0. The van der Waals surface area contributed by atoms with Gasteiger partial charge in [-0.15, -0.1) is 0 Å². The summed E-state index contributed by atoms with van der Waals surface area (Å²) in [6.45, 7) is 2.05. The Kier molecular flexibility index (Phi) is 3.78. The number of nitrogens with zero attached hydrogens (tertiary/aromatic N) is 1. The van der Waals surface area contributed by atoms with E-state index >= 15 is 0 Å². The number of aryl methyl sites for hydroxylation is 1. The first-order chi connectivity index (χ1) is 14.0. The Morgan fingerprint density at radius 1 is 0.862 bits per heavy atom. The maximum absolute atomic E-state index is 13.0. The topological polar surface area (TPSA) is 45.3 Å². The van der Waals surface area contributed by atoms with Crippen LogP contribution in [0.15, 0.2) is 72.8 Å².